The first-order valence-electron chi connectivity index (χ1n) is 5.66. The second kappa shape index (κ2) is 5.42. The van der Waals surface area contributed by atoms with Gasteiger partial charge >= 0.3 is 5.76 Å². The van der Waals surface area contributed by atoms with Crippen LogP contribution < -0.4 is 5.32 Å². The third kappa shape index (κ3) is 3.42. The molecule has 1 aromatic carbocycles. The summed E-state index contributed by atoms with van der Waals surface area (Å²) in [6.45, 7) is 4.81. The van der Waals surface area contributed by atoms with Gasteiger partial charge in [-0.05, 0) is 32.9 Å². The van der Waals surface area contributed by atoms with Gasteiger partial charge in [-0.2, -0.15) is 8.78 Å². The van der Waals surface area contributed by atoms with Crippen LogP contribution in [0.2, 0.25) is 0 Å². The van der Waals surface area contributed by atoms with Crippen LogP contribution in [0, 0.1) is 0 Å². The maximum absolute atomic E-state index is 12.6. The number of rotatable bonds is 5. The maximum atomic E-state index is 12.6. The summed E-state index contributed by atoms with van der Waals surface area (Å²) in [5, 5.41) is 12.4. The summed E-state index contributed by atoms with van der Waals surface area (Å²) in [6.07, 6.45) is -0.796. The predicted molar refractivity (Wildman–Crippen MR) is 69.0 cm³/mol. The van der Waals surface area contributed by atoms with Crippen molar-refractivity contribution in [2.45, 2.75) is 43.1 Å². The van der Waals surface area contributed by atoms with Crippen molar-refractivity contribution >= 4 is 15.5 Å². The van der Waals surface area contributed by atoms with E-state index in [2.05, 4.69) is 5.32 Å². The minimum Gasteiger partial charge on any atom is -0.391 e. The van der Waals surface area contributed by atoms with E-state index < -0.39 is 32.1 Å². The van der Waals surface area contributed by atoms with Gasteiger partial charge in [0.05, 0.1) is 22.2 Å². The fourth-order valence-corrected chi connectivity index (χ4v) is 2.25. The predicted octanol–water partition coefficient (Wildman–Crippen LogP) is 2.25. The molecule has 0 aliphatic heterocycles. The largest absolute Gasteiger partial charge is 0.391 e. The first-order chi connectivity index (χ1) is 8.59. The first-order valence-corrected chi connectivity index (χ1v) is 7.21. The summed E-state index contributed by atoms with van der Waals surface area (Å²) in [5.74, 6) is -3.48. The van der Waals surface area contributed by atoms with Gasteiger partial charge in [0, 0.05) is 0 Å². The van der Waals surface area contributed by atoms with Gasteiger partial charge < -0.3 is 10.4 Å². The van der Waals surface area contributed by atoms with Gasteiger partial charge in [0.15, 0.2) is 0 Å². The van der Waals surface area contributed by atoms with Crippen molar-refractivity contribution in [1.29, 1.82) is 0 Å². The molecule has 1 aromatic rings. The van der Waals surface area contributed by atoms with E-state index in [0.29, 0.717) is 0 Å². The number of halogens is 2. The zero-order valence-corrected chi connectivity index (χ0v) is 11.7. The first kappa shape index (κ1) is 15.8. The van der Waals surface area contributed by atoms with Crippen molar-refractivity contribution in [3.63, 3.8) is 0 Å². The molecule has 1 unspecified atom stereocenters. The van der Waals surface area contributed by atoms with E-state index in [0.717, 1.165) is 6.07 Å². The third-order valence-electron chi connectivity index (χ3n) is 2.93. The maximum Gasteiger partial charge on any atom is 0.341 e. The quantitative estimate of drug-likeness (QED) is 0.874. The van der Waals surface area contributed by atoms with Gasteiger partial charge in [-0.25, -0.2) is 8.42 Å². The molecule has 19 heavy (non-hydrogen) atoms. The van der Waals surface area contributed by atoms with Gasteiger partial charge in [0.2, 0.25) is 9.84 Å². The van der Waals surface area contributed by atoms with Crippen molar-refractivity contribution in [3.8, 4) is 0 Å². The van der Waals surface area contributed by atoms with Crippen molar-refractivity contribution in [1.82, 2.24) is 0 Å². The topological polar surface area (TPSA) is 66.4 Å². The third-order valence-corrected chi connectivity index (χ3v) is 4.37. The van der Waals surface area contributed by atoms with E-state index in [1.165, 1.54) is 25.1 Å². The lowest BCUT2D eigenvalue weighted by Gasteiger charge is -2.31. The minimum absolute atomic E-state index is 0.0497. The molecule has 0 amide bonds. The number of aliphatic hydroxyl groups is 1. The van der Waals surface area contributed by atoms with Crippen LogP contribution in [-0.4, -0.2) is 30.9 Å². The lowest BCUT2D eigenvalue weighted by Crippen LogP contribution is -2.42. The Hall–Kier alpha value is -1.21. The lowest BCUT2D eigenvalue weighted by atomic mass is 9.98. The molecule has 4 nitrogen and oxygen atoms in total. The molecule has 7 heteroatoms. The van der Waals surface area contributed by atoms with E-state index in [4.69, 9.17) is 0 Å². The van der Waals surface area contributed by atoms with E-state index in [9.17, 15) is 22.3 Å². The Morgan fingerprint density at radius 3 is 2.26 bits per heavy atom. The Balaban J connectivity index is 3.26. The van der Waals surface area contributed by atoms with Crippen molar-refractivity contribution < 1.29 is 22.3 Å². The Morgan fingerprint density at radius 2 is 1.79 bits per heavy atom. The summed E-state index contributed by atoms with van der Waals surface area (Å²) >= 11 is 0. The number of aliphatic hydroxyl groups excluding tert-OH is 1. The summed E-state index contributed by atoms with van der Waals surface area (Å²) in [5.41, 5.74) is -0.804. The molecule has 0 aromatic heterocycles. The highest BCUT2D eigenvalue weighted by atomic mass is 32.2. The molecule has 0 spiro atoms. The van der Waals surface area contributed by atoms with Gasteiger partial charge in [-0.15, -0.1) is 0 Å². The second-order valence-corrected chi connectivity index (χ2v) is 6.71. The van der Waals surface area contributed by atoms with E-state index in [1.54, 1.807) is 13.8 Å². The lowest BCUT2D eigenvalue weighted by molar-refractivity contribution is 0.133. The van der Waals surface area contributed by atoms with Gasteiger partial charge in [-0.3, -0.25) is 0 Å². The molecule has 0 aliphatic rings. The van der Waals surface area contributed by atoms with E-state index >= 15 is 0 Å². The Bertz CT molecular complexity index is 542. The summed E-state index contributed by atoms with van der Waals surface area (Å²) in [4.78, 5) is -0.473. The highest BCUT2D eigenvalue weighted by Crippen LogP contribution is 2.29. The zero-order chi connectivity index (χ0) is 14.8. The number of sulfone groups is 1. The standard InChI is InChI=1S/C12H17F2NO3S/c1-8(16)12(2,3)15-9-6-4-5-7-10(9)19(17,18)11(13)14/h4-8,11,15-16H,1-3H3. The molecule has 0 radical (unpaired) electrons. The molecule has 108 valence electrons. The molecule has 0 fully saturated rings. The van der Waals surface area contributed by atoms with Crippen molar-refractivity contribution in [3.05, 3.63) is 24.3 Å². The number of alkyl halides is 2. The van der Waals surface area contributed by atoms with Crippen LogP contribution in [0.1, 0.15) is 20.8 Å². The monoisotopic (exact) mass is 293 g/mol. The molecule has 1 atom stereocenters. The second-order valence-electron chi connectivity index (χ2n) is 4.82. The summed E-state index contributed by atoms with van der Waals surface area (Å²) in [6, 6.07) is 5.40. The van der Waals surface area contributed by atoms with Crippen LogP contribution in [0.15, 0.2) is 29.2 Å². The van der Waals surface area contributed by atoms with Crippen molar-refractivity contribution in [2.24, 2.45) is 0 Å². The summed E-state index contributed by atoms with van der Waals surface area (Å²) in [7, 11) is -4.68. The molecular formula is C12H17F2NO3S. The molecule has 1 rings (SSSR count). The fourth-order valence-electron chi connectivity index (χ4n) is 1.37. The zero-order valence-electron chi connectivity index (χ0n) is 10.9. The minimum atomic E-state index is -4.68. The smallest absolute Gasteiger partial charge is 0.341 e. The fraction of sp³-hybridized carbons (Fsp3) is 0.500. The van der Waals surface area contributed by atoms with Gasteiger partial charge in [0.25, 0.3) is 0 Å². The van der Waals surface area contributed by atoms with Crippen LogP contribution >= 0.6 is 0 Å². The Labute approximate surface area is 111 Å². The van der Waals surface area contributed by atoms with E-state index in [-0.39, 0.29) is 5.69 Å². The molecule has 0 saturated carbocycles. The number of benzene rings is 1. The number of hydrogen-bond acceptors (Lipinski definition) is 4. The molecule has 2 N–H and O–H groups in total. The van der Waals surface area contributed by atoms with Crippen LogP contribution in [0.5, 0.6) is 0 Å². The number of para-hydroxylation sites is 1. The van der Waals surface area contributed by atoms with Gasteiger partial charge in [0.1, 0.15) is 0 Å². The highest BCUT2D eigenvalue weighted by molar-refractivity contribution is 7.91. The summed E-state index contributed by atoms with van der Waals surface area (Å²) < 4.78 is 48.3. The van der Waals surface area contributed by atoms with Crippen LogP contribution in [0.4, 0.5) is 14.5 Å². The highest BCUT2D eigenvalue weighted by Gasteiger charge is 2.31. The molecular weight excluding hydrogens is 276 g/mol. The molecule has 0 aliphatic carbocycles. The van der Waals surface area contributed by atoms with Crippen LogP contribution in [-0.2, 0) is 9.84 Å². The van der Waals surface area contributed by atoms with E-state index in [1.807, 2.05) is 0 Å². The van der Waals surface area contributed by atoms with Crippen LogP contribution in [0.3, 0.4) is 0 Å². The normalized spacial score (nSPS) is 14.5. The average Bonchev–Trinajstić information content (AvgIpc) is 2.28. The SMILES string of the molecule is CC(O)C(C)(C)Nc1ccccc1S(=O)(=O)C(F)F. The van der Waals surface area contributed by atoms with Crippen LogP contribution in [0.25, 0.3) is 0 Å². The van der Waals surface area contributed by atoms with Gasteiger partial charge in [-0.1, -0.05) is 12.1 Å². The number of nitrogens with one attached hydrogen (secondary N) is 1. The molecule has 0 heterocycles. The molecule has 0 saturated heterocycles. The number of hydrogen-bond donors (Lipinski definition) is 2. The Kier molecular flexibility index (Phi) is 4.52. The average molecular weight is 293 g/mol. The molecule has 0 bridgehead atoms. The Morgan fingerprint density at radius 1 is 1.26 bits per heavy atom. The van der Waals surface area contributed by atoms with Crippen molar-refractivity contribution in [2.75, 3.05) is 5.32 Å². The number of anilines is 1.